The van der Waals surface area contributed by atoms with Gasteiger partial charge in [-0.2, -0.15) is 0 Å². The van der Waals surface area contributed by atoms with Gasteiger partial charge in [-0.25, -0.2) is 19.3 Å². The van der Waals surface area contributed by atoms with Crippen LogP contribution in [0.1, 0.15) is 0 Å². The molecule has 0 spiro atoms. The number of hydrogen-bond donors (Lipinski definition) is 0. The average molecular weight is 352 g/mol. The molecule has 0 saturated carbocycles. The van der Waals surface area contributed by atoms with Crippen LogP contribution in [0.5, 0.6) is 11.6 Å². The lowest BCUT2D eigenvalue weighted by molar-refractivity contribution is 0.463. The third-order valence-corrected chi connectivity index (χ3v) is 3.80. The van der Waals surface area contributed by atoms with Crippen LogP contribution in [-0.2, 0) is 0 Å². The standard InChI is InChI=1S/C19H11ClFN3O/c20-19-22-11-16-18(24-19)15(12-4-2-1-3-5-12)10-17(23-16)25-14-8-6-13(21)7-9-14/h1-11H. The lowest BCUT2D eigenvalue weighted by Crippen LogP contribution is -1.95. The molecule has 0 atom stereocenters. The van der Waals surface area contributed by atoms with Crippen molar-refractivity contribution in [1.82, 2.24) is 15.0 Å². The van der Waals surface area contributed by atoms with Crippen LogP contribution in [-0.4, -0.2) is 15.0 Å². The smallest absolute Gasteiger partial charge is 0.223 e. The zero-order valence-electron chi connectivity index (χ0n) is 12.9. The molecule has 0 radical (unpaired) electrons. The SMILES string of the molecule is Fc1ccc(Oc2cc(-c3ccccc3)c3nc(Cl)ncc3n2)cc1. The Kier molecular flexibility index (Phi) is 3.99. The number of halogens is 2. The minimum Gasteiger partial charge on any atom is -0.439 e. The molecule has 0 amide bonds. The molecule has 0 fully saturated rings. The summed E-state index contributed by atoms with van der Waals surface area (Å²) in [4.78, 5) is 12.7. The topological polar surface area (TPSA) is 47.9 Å². The summed E-state index contributed by atoms with van der Waals surface area (Å²) >= 11 is 5.95. The van der Waals surface area contributed by atoms with Crippen molar-refractivity contribution >= 4 is 22.6 Å². The van der Waals surface area contributed by atoms with Crippen molar-refractivity contribution in [2.45, 2.75) is 0 Å². The zero-order chi connectivity index (χ0) is 17.2. The van der Waals surface area contributed by atoms with Crippen molar-refractivity contribution in [3.8, 4) is 22.8 Å². The van der Waals surface area contributed by atoms with Gasteiger partial charge in [0.25, 0.3) is 0 Å². The van der Waals surface area contributed by atoms with Crippen LogP contribution in [0.3, 0.4) is 0 Å². The van der Waals surface area contributed by atoms with E-state index in [2.05, 4.69) is 15.0 Å². The number of nitrogens with zero attached hydrogens (tertiary/aromatic N) is 3. The molecule has 4 aromatic rings. The summed E-state index contributed by atoms with van der Waals surface area (Å²) in [6.07, 6.45) is 1.55. The summed E-state index contributed by atoms with van der Waals surface area (Å²) in [5.41, 5.74) is 2.97. The third-order valence-electron chi connectivity index (χ3n) is 3.61. The van der Waals surface area contributed by atoms with Gasteiger partial charge in [-0.05, 0) is 41.4 Å². The maximum atomic E-state index is 13.1. The molecule has 4 rings (SSSR count). The van der Waals surface area contributed by atoms with Crippen LogP contribution in [0, 0.1) is 5.82 Å². The fourth-order valence-electron chi connectivity index (χ4n) is 2.49. The van der Waals surface area contributed by atoms with Crippen molar-refractivity contribution in [2.24, 2.45) is 0 Å². The van der Waals surface area contributed by atoms with E-state index in [4.69, 9.17) is 16.3 Å². The van der Waals surface area contributed by atoms with Crippen molar-refractivity contribution in [1.29, 1.82) is 0 Å². The first-order valence-electron chi connectivity index (χ1n) is 7.51. The molecular formula is C19H11ClFN3O. The average Bonchev–Trinajstić information content (AvgIpc) is 2.64. The normalized spacial score (nSPS) is 10.8. The number of pyridine rings is 1. The maximum Gasteiger partial charge on any atom is 0.223 e. The minimum absolute atomic E-state index is 0.152. The van der Waals surface area contributed by atoms with E-state index < -0.39 is 0 Å². The molecule has 2 aromatic heterocycles. The molecule has 0 aliphatic heterocycles. The van der Waals surface area contributed by atoms with Crippen LogP contribution in [0.25, 0.3) is 22.2 Å². The molecule has 0 aliphatic carbocycles. The first-order chi connectivity index (χ1) is 12.2. The Labute approximate surface area is 147 Å². The Morgan fingerprint density at radius 1 is 0.920 bits per heavy atom. The van der Waals surface area contributed by atoms with Crippen molar-refractivity contribution in [3.63, 3.8) is 0 Å². The van der Waals surface area contributed by atoms with E-state index >= 15 is 0 Å². The second-order valence-corrected chi connectivity index (χ2v) is 5.64. The maximum absolute atomic E-state index is 13.1. The highest BCUT2D eigenvalue weighted by molar-refractivity contribution is 6.28. The highest BCUT2D eigenvalue weighted by atomic mass is 35.5. The summed E-state index contributed by atoms with van der Waals surface area (Å²) in [6.45, 7) is 0. The van der Waals surface area contributed by atoms with Crippen LogP contribution in [0.15, 0.2) is 66.9 Å². The minimum atomic E-state index is -0.327. The molecule has 0 N–H and O–H groups in total. The third kappa shape index (κ3) is 3.27. The predicted molar refractivity (Wildman–Crippen MR) is 94.3 cm³/mol. The summed E-state index contributed by atoms with van der Waals surface area (Å²) in [7, 11) is 0. The Morgan fingerprint density at radius 2 is 1.68 bits per heavy atom. The largest absolute Gasteiger partial charge is 0.439 e. The van der Waals surface area contributed by atoms with Crippen LogP contribution in [0.4, 0.5) is 4.39 Å². The van der Waals surface area contributed by atoms with E-state index in [1.54, 1.807) is 24.4 Å². The Balaban J connectivity index is 1.86. The Bertz CT molecular complexity index is 1040. The number of fused-ring (bicyclic) bond motifs is 1. The number of rotatable bonds is 3. The first kappa shape index (κ1) is 15.5. The molecule has 0 saturated heterocycles. The molecule has 122 valence electrons. The van der Waals surface area contributed by atoms with Gasteiger partial charge in [0.15, 0.2) is 0 Å². The summed E-state index contributed by atoms with van der Waals surface area (Å²) < 4.78 is 18.8. The molecule has 2 heterocycles. The molecule has 0 unspecified atom stereocenters. The van der Waals surface area contributed by atoms with Crippen molar-refractivity contribution < 1.29 is 9.13 Å². The second kappa shape index (κ2) is 6.45. The van der Waals surface area contributed by atoms with Gasteiger partial charge in [0, 0.05) is 11.6 Å². The number of hydrogen-bond acceptors (Lipinski definition) is 4. The lowest BCUT2D eigenvalue weighted by Gasteiger charge is -2.10. The van der Waals surface area contributed by atoms with E-state index in [1.165, 1.54) is 12.1 Å². The highest BCUT2D eigenvalue weighted by Crippen LogP contribution is 2.31. The monoisotopic (exact) mass is 351 g/mol. The molecule has 4 nitrogen and oxygen atoms in total. The Morgan fingerprint density at radius 3 is 2.44 bits per heavy atom. The van der Waals surface area contributed by atoms with Gasteiger partial charge in [0.1, 0.15) is 22.6 Å². The number of benzene rings is 2. The quantitative estimate of drug-likeness (QED) is 0.471. The molecule has 0 bridgehead atoms. The first-order valence-corrected chi connectivity index (χ1v) is 7.89. The zero-order valence-corrected chi connectivity index (χ0v) is 13.6. The van der Waals surface area contributed by atoms with Crippen LogP contribution in [0.2, 0.25) is 5.28 Å². The van der Waals surface area contributed by atoms with Crippen LogP contribution >= 0.6 is 11.6 Å². The molecule has 2 aromatic carbocycles. The summed E-state index contributed by atoms with van der Waals surface area (Å²) in [5, 5.41) is 0.152. The van der Waals surface area contributed by atoms with E-state index in [1.807, 2.05) is 30.3 Å². The second-order valence-electron chi connectivity index (χ2n) is 5.30. The summed E-state index contributed by atoms with van der Waals surface area (Å²) in [6, 6.07) is 17.3. The highest BCUT2D eigenvalue weighted by Gasteiger charge is 2.12. The summed E-state index contributed by atoms with van der Waals surface area (Å²) in [5.74, 6) is 0.526. The number of aromatic nitrogens is 3. The van der Waals surface area contributed by atoms with E-state index in [9.17, 15) is 4.39 Å². The van der Waals surface area contributed by atoms with E-state index in [0.717, 1.165) is 11.1 Å². The van der Waals surface area contributed by atoms with Gasteiger partial charge in [0.05, 0.1) is 6.20 Å². The van der Waals surface area contributed by atoms with Gasteiger partial charge in [-0.15, -0.1) is 0 Å². The number of ether oxygens (including phenoxy) is 1. The van der Waals surface area contributed by atoms with Gasteiger partial charge in [0.2, 0.25) is 11.2 Å². The lowest BCUT2D eigenvalue weighted by atomic mass is 10.1. The molecule has 25 heavy (non-hydrogen) atoms. The van der Waals surface area contributed by atoms with Gasteiger partial charge < -0.3 is 4.74 Å². The molecule has 6 heteroatoms. The van der Waals surface area contributed by atoms with Gasteiger partial charge in [-0.1, -0.05) is 30.3 Å². The fraction of sp³-hybridized carbons (Fsp3) is 0. The van der Waals surface area contributed by atoms with Crippen molar-refractivity contribution in [3.05, 3.63) is 78.0 Å². The fourth-order valence-corrected chi connectivity index (χ4v) is 2.62. The van der Waals surface area contributed by atoms with Crippen molar-refractivity contribution in [2.75, 3.05) is 0 Å². The van der Waals surface area contributed by atoms with Crippen LogP contribution < -0.4 is 4.74 Å². The Hall–Kier alpha value is -3.05. The van der Waals surface area contributed by atoms with Gasteiger partial charge >= 0.3 is 0 Å². The molecule has 0 aliphatic rings. The molecular weight excluding hydrogens is 341 g/mol. The predicted octanol–water partition coefficient (Wildman–Crippen LogP) is 5.28. The van der Waals surface area contributed by atoms with Gasteiger partial charge in [-0.3, -0.25) is 0 Å². The van der Waals surface area contributed by atoms with E-state index in [0.29, 0.717) is 22.7 Å². The van der Waals surface area contributed by atoms with E-state index in [-0.39, 0.29) is 11.1 Å².